The third-order valence-electron chi connectivity index (χ3n) is 2.82. The number of carbonyl (C=O) groups excluding carboxylic acids is 1. The van der Waals surface area contributed by atoms with Crippen LogP contribution in [-0.4, -0.2) is 33.1 Å². The third kappa shape index (κ3) is 5.40. The number of aryl methyl sites for hydroxylation is 1. The van der Waals surface area contributed by atoms with Crippen LogP contribution in [0.15, 0.2) is 28.5 Å². The number of hydrogen-bond donors (Lipinski definition) is 1. The Kier molecular flexibility index (Phi) is 6.89. The molecule has 1 amide bonds. The van der Waals surface area contributed by atoms with Gasteiger partial charge in [0.15, 0.2) is 5.16 Å². The Labute approximate surface area is 153 Å². The van der Waals surface area contributed by atoms with Crippen molar-refractivity contribution in [1.82, 2.24) is 14.8 Å². The maximum Gasteiger partial charge on any atom is 0.249 e. The molecule has 10 heteroatoms. The highest BCUT2D eigenvalue weighted by Crippen LogP contribution is 2.21. The molecular formula is C14H15Cl2N5O2S. The first-order chi connectivity index (χ1) is 11.5. The Hall–Kier alpha value is -1.77. The van der Waals surface area contributed by atoms with E-state index in [9.17, 15) is 4.79 Å². The molecule has 1 aromatic heterocycles. The minimum Gasteiger partial charge on any atom is -0.391 e. The van der Waals surface area contributed by atoms with Gasteiger partial charge in [-0.25, -0.2) is 4.68 Å². The molecule has 0 aliphatic carbocycles. The molecule has 128 valence electrons. The van der Waals surface area contributed by atoms with Crippen molar-refractivity contribution in [2.75, 3.05) is 11.6 Å². The summed E-state index contributed by atoms with van der Waals surface area (Å²) in [4.78, 5) is 21.0. The Balaban J connectivity index is 1.75. The fourth-order valence-corrected chi connectivity index (χ4v) is 2.64. The number of benzene rings is 1. The van der Waals surface area contributed by atoms with Crippen LogP contribution < -0.4 is 5.32 Å². The number of nitrogens with zero attached hydrogens (tertiary/aromatic N) is 4. The monoisotopic (exact) mass is 387 g/mol. The van der Waals surface area contributed by atoms with Crippen LogP contribution in [0.4, 0.5) is 5.95 Å². The second-order valence-electron chi connectivity index (χ2n) is 4.60. The largest absolute Gasteiger partial charge is 0.391 e. The molecule has 0 atom stereocenters. The highest BCUT2D eigenvalue weighted by molar-refractivity contribution is 7.98. The van der Waals surface area contributed by atoms with E-state index in [-0.39, 0.29) is 24.9 Å². The first-order valence-electron chi connectivity index (χ1n) is 6.82. The first kappa shape index (κ1) is 18.6. The number of amides is 1. The molecule has 1 heterocycles. The maximum absolute atomic E-state index is 11.8. The molecule has 0 spiro atoms. The second kappa shape index (κ2) is 8.91. The Morgan fingerprint density at radius 3 is 2.96 bits per heavy atom. The molecule has 0 saturated carbocycles. The van der Waals surface area contributed by atoms with Gasteiger partial charge in [0.2, 0.25) is 11.9 Å². The van der Waals surface area contributed by atoms with Crippen molar-refractivity contribution in [2.45, 2.75) is 18.2 Å². The predicted molar refractivity (Wildman–Crippen MR) is 95.8 cm³/mol. The van der Waals surface area contributed by atoms with Crippen LogP contribution in [0.1, 0.15) is 12.0 Å². The lowest BCUT2D eigenvalue weighted by Crippen LogP contribution is -2.13. The van der Waals surface area contributed by atoms with Crippen LogP contribution in [0.5, 0.6) is 0 Å². The van der Waals surface area contributed by atoms with Crippen molar-refractivity contribution in [2.24, 2.45) is 12.2 Å². The molecule has 0 bridgehead atoms. The topological polar surface area (TPSA) is 81.4 Å². The van der Waals surface area contributed by atoms with Gasteiger partial charge in [-0.15, -0.1) is 5.10 Å². The lowest BCUT2D eigenvalue weighted by molar-refractivity contribution is -0.115. The summed E-state index contributed by atoms with van der Waals surface area (Å²) in [5.41, 5.74) is 0.755. The summed E-state index contributed by atoms with van der Waals surface area (Å²) in [5, 5.41) is 12.1. The molecule has 0 saturated heterocycles. The standard InChI is InChI=1S/C14H15Cl2N5O2S/c1-21-14(24-2)19-13(20-21)18-12(22)5-6-17-23-8-9-3-4-10(15)7-11(9)16/h3-4,6-7H,5,8H2,1-2H3,(H,18,20,22)/b17-6-. The van der Waals surface area contributed by atoms with E-state index in [1.165, 1.54) is 18.0 Å². The molecular weight excluding hydrogens is 373 g/mol. The first-order valence-corrected chi connectivity index (χ1v) is 8.80. The normalized spacial score (nSPS) is 11.0. The van der Waals surface area contributed by atoms with E-state index in [4.69, 9.17) is 28.0 Å². The fourth-order valence-electron chi connectivity index (χ4n) is 1.70. The SMILES string of the molecule is CSc1nc(NC(=O)C/C=N\OCc2ccc(Cl)cc2Cl)nn1C. The zero-order valence-corrected chi connectivity index (χ0v) is 15.3. The fraction of sp³-hybridized carbons (Fsp3) is 0.286. The zero-order valence-electron chi connectivity index (χ0n) is 13.0. The van der Waals surface area contributed by atoms with E-state index in [0.29, 0.717) is 15.2 Å². The van der Waals surface area contributed by atoms with E-state index < -0.39 is 0 Å². The van der Waals surface area contributed by atoms with Crippen LogP contribution in [0.2, 0.25) is 10.0 Å². The molecule has 0 fully saturated rings. The number of hydrogen-bond acceptors (Lipinski definition) is 6. The summed E-state index contributed by atoms with van der Waals surface area (Å²) in [6, 6.07) is 5.09. The Morgan fingerprint density at radius 1 is 1.50 bits per heavy atom. The highest BCUT2D eigenvalue weighted by atomic mass is 35.5. The molecule has 24 heavy (non-hydrogen) atoms. The van der Waals surface area contributed by atoms with Crippen LogP contribution in [-0.2, 0) is 23.3 Å². The zero-order chi connectivity index (χ0) is 17.5. The quantitative estimate of drug-likeness (QED) is 0.447. The second-order valence-corrected chi connectivity index (χ2v) is 6.21. The summed E-state index contributed by atoms with van der Waals surface area (Å²) in [5.74, 6) is -0.0285. The van der Waals surface area contributed by atoms with Crippen LogP contribution in [0, 0.1) is 0 Å². The van der Waals surface area contributed by atoms with Gasteiger partial charge in [0.25, 0.3) is 0 Å². The summed E-state index contributed by atoms with van der Waals surface area (Å²) in [6.07, 6.45) is 3.28. The van der Waals surface area contributed by atoms with E-state index in [0.717, 1.165) is 5.56 Å². The number of nitrogens with one attached hydrogen (secondary N) is 1. The minimum absolute atomic E-state index is 0.0429. The minimum atomic E-state index is -0.287. The lowest BCUT2D eigenvalue weighted by atomic mass is 10.2. The third-order valence-corrected chi connectivity index (χ3v) is 4.13. The molecule has 2 aromatic rings. The average Bonchev–Trinajstić information content (AvgIpc) is 2.88. The molecule has 7 nitrogen and oxygen atoms in total. The van der Waals surface area contributed by atoms with Crippen LogP contribution in [0.25, 0.3) is 0 Å². The smallest absolute Gasteiger partial charge is 0.249 e. The van der Waals surface area contributed by atoms with Crippen molar-refractivity contribution in [3.63, 3.8) is 0 Å². The van der Waals surface area contributed by atoms with Gasteiger partial charge in [0.05, 0.1) is 12.6 Å². The Morgan fingerprint density at radius 2 is 2.29 bits per heavy atom. The van der Waals surface area contributed by atoms with Gasteiger partial charge < -0.3 is 4.84 Å². The van der Waals surface area contributed by atoms with E-state index in [2.05, 4.69) is 20.6 Å². The highest BCUT2D eigenvalue weighted by Gasteiger charge is 2.08. The van der Waals surface area contributed by atoms with Crippen molar-refractivity contribution >= 4 is 53.0 Å². The summed E-state index contributed by atoms with van der Waals surface area (Å²) < 4.78 is 1.59. The average molecular weight is 388 g/mol. The van der Waals surface area contributed by atoms with E-state index in [1.807, 2.05) is 6.26 Å². The molecule has 0 radical (unpaired) electrons. The van der Waals surface area contributed by atoms with E-state index in [1.54, 1.807) is 29.9 Å². The van der Waals surface area contributed by atoms with Gasteiger partial charge in [-0.3, -0.25) is 10.1 Å². The summed E-state index contributed by atoms with van der Waals surface area (Å²) in [7, 11) is 1.76. The molecule has 0 aliphatic heterocycles. The lowest BCUT2D eigenvalue weighted by Gasteiger charge is -2.03. The number of thioether (sulfide) groups is 1. The number of oxime groups is 1. The number of anilines is 1. The molecule has 0 aliphatic rings. The van der Waals surface area contributed by atoms with Crippen molar-refractivity contribution in [3.8, 4) is 0 Å². The van der Waals surface area contributed by atoms with Crippen LogP contribution >= 0.6 is 35.0 Å². The number of rotatable bonds is 7. The van der Waals surface area contributed by atoms with Crippen molar-refractivity contribution in [1.29, 1.82) is 0 Å². The van der Waals surface area contributed by atoms with Crippen LogP contribution in [0.3, 0.4) is 0 Å². The number of halogens is 2. The van der Waals surface area contributed by atoms with Gasteiger partial charge in [-0.1, -0.05) is 46.2 Å². The number of aromatic nitrogens is 3. The number of carbonyl (C=O) groups is 1. The van der Waals surface area contributed by atoms with Crippen molar-refractivity contribution in [3.05, 3.63) is 33.8 Å². The predicted octanol–water partition coefficient (Wildman–Crippen LogP) is 3.38. The van der Waals surface area contributed by atoms with E-state index >= 15 is 0 Å². The Bertz CT molecular complexity index is 751. The maximum atomic E-state index is 11.8. The summed E-state index contributed by atoms with van der Waals surface area (Å²) in [6.45, 7) is 0.188. The van der Waals surface area contributed by atoms with Gasteiger partial charge >= 0.3 is 0 Å². The van der Waals surface area contributed by atoms with Gasteiger partial charge in [0.1, 0.15) is 6.61 Å². The van der Waals surface area contributed by atoms with Gasteiger partial charge in [0, 0.05) is 22.7 Å². The summed E-state index contributed by atoms with van der Waals surface area (Å²) >= 11 is 13.3. The van der Waals surface area contributed by atoms with Crippen molar-refractivity contribution < 1.29 is 9.63 Å². The molecule has 1 N–H and O–H groups in total. The molecule has 0 unspecified atom stereocenters. The van der Waals surface area contributed by atoms with Gasteiger partial charge in [-0.2, -0.15) is 4.98 Å². The molecule has 2 rings (SSSR count). The molecule has 1 aromatic carbocycles. The van der Waals surface area contributed by atoms with Gasteiger partial charge in [-0.05, 0) is 18.4 Å².